The SMILES string of the molecule is COCCn1cc(C(C)C)c2cc(-c3ncn(C)n3)ccc21. The zero-order valence-corrected chi connectivity index (χ0v) is 13.6. The summed E-state index contributed by atoms with van der Waals surface area (Å²) in [4.78, 5) is 4.35. The number of hydrogen-bond acceptors (Lipinski definition) is 3. The molecule has 0 atom stereocenters. The summed E-state index contributed by atoms with van der Waals surface area (Å²) in [6.45, 7) is 6.02. The molecule has 2 heterocycles. The molecule has 22 heavy (non-hydrogen) atoms. The molecule has 0 aliphatic carbocycles. The molecule has 0 bridgehead atoms. The average Bonchev–Trinajstić information content (AvgIpc) is 3.08. The van der Waals surface area contributed by atoms with Gasteiger partial charge in [-0.2, -0.15) is 5.10 Å². The van der Waals surface area contributed by atoms with Crippen molar-refractivity contribution >= 4 is 10.9 Å². The Hall–Kier alpha value is -2.14. The van der Waals surface area contributed by atoms with Crippen LogP contribution in [0.25, 0.3) is 22.3 Å². The highest BCUT2D eigenvalue weighted by molar-refractivity contribution is 5.88. The van der Waals surface area contributed by atoms with E-state index in [9.17, 15) is 0 Å². The third kappa shape index (κ3) is 2.64. The number of hydrogen-bond donors (Lipinski definition) is 0. The van der Waals surface area contributed by atoms with Crippen LogP contribution in [0.3, 0.4) is 0 Å². The smallest absolute Gasteiger partial charge is 0.181 e. The lowest BCUT2D eigenvalue weighted by molar-refractivity contribution is 0.188. The van der Waals surface area contributed by atoms with Crippen LogP contribution in [0, 0.1) is 0 Å². The van der Waals surface area contributed by atoms with Gasteiger partial charge in [0, 0.05) is 43.4 Å². The Balaban J connectivity index is 2.11. The largest absolute Gasteiger partial charge is 0.383 e. The molecule has 0 aliphatic heterocycles. The second-order valence-corrected chi connectivity index (χ2v) is 5.90. The number of aromatic nitrogens is 4. The lowest BCUT2D eigenvalue weighted by atomic mass is 10.0. The van der Waals surface area contributed by atoms with Crippen molar-refractivity contribution < 1.29 is 4.74 Å². The predicted molar refractivity (Wildman–Crippen MR) is 87.9 cm³/mol. The third-order valence-corrected chi connectivity index (χ3v) is 3.93. The Morgan fingerprint density at radius 2 is 2.09 bits per heavy atom. The minimum absolute atomic E-state index is 0.471. The van der Waals surface area contributed by atoms with Gasteiger partial charge in [-0.3, -0.25) is 4.68 Å². The Morgan fingerprint density at radius 1 is 1.27 bits per heavy atom. The maximum Gasteiger partial charge on any atom is 0.181 e. The minimum Gasteiger partial charge on any atom is -0.383 e. The molecular formula is C17H22N4O. The summed E-state index contributed by atoms with van der Waals surface area (Å²) in [5, 5.41) is 5.67. The molecule has 5 heteroatoms. The van der Waals surface area contributed by atoms with E-state index in [0.717, 1.165) is 17.9 Å². The van der Waals surface area contributed by atoms with Gasteiger partial charge >= 0.3 is 0 Å². The van der Waals surface area contributed by atoms with E-state index in [0.29, 0.717) is 12.5 Å². The van der Waals surface area contributed by atoms with Crippen molar-refractivity contribution in [3.63, 3.8) is 0 Å². The van der Waals surface area contributed by atoms with Crippen molar-refractivity contribution in [2.45, 2.75) is 26.3 Å². The van der Waals surface area contributed by atoms with Crippen molar-refractivity contribution in [2.75, 3.05) is 13.7 Å². The number of nitrogens with zero attached hydrogens (tertiary/aromatic N) is 4. The highest BCUT2D eigenvalue weighted by Crippen LogP contribution is 2.30. The van der Waals surface area contributed by atoms with Gasteiger partial charge in [0.1, 0.15) is 6.33 Å². The number of methoxy groups -OCH3 is 1. The molecule has 0 saturated carbocycles. The van der Waals surface area contributed by atoms with Crippen LogP contribution in [0.5, 0.6) is 0 Å². The van der Waals surface area contributed by atoms with Crippen LogP contribution in [0.4, 0.5) is 0 Å². The van der Waals surface area contributed by atoms with Crippen LogP contribution in [0.1, 0.15) is 25.3 Å². The van der Waals surface area contributed by atoms with Gasteiger partial charge in [0.2, 0.25) is 0 Å². The van der Waals surface area contributed by atoms with Crippen molar-refractivity contribution in [1.29, 1.82) is 0 Å². The van der Waals surface area contributed by atoms with E-state index in [-0.39, 0.29) is 0 Å². The molecule has 0 aliphatic rings. The summed E-state index contributed by atoms with van der Waals surface area (Å²) in [5.41, 5.74) is 3.64. The number of benzene rings is 1. The Bertz CT molecular complexity index is 785. The van der Waals surface area contributed by atoms with Gasteiger partial charge in [0.15, 0.2) is 5.82 Å². The van der Waals surface area contributed by atoms with E-state index < -0.39 is 0 Å². The van der Waals surface area contributed by atoms with Gasteiger partial charge in [0.25, 0.3) is 0 Å². The lowest BCUT2D eigenvalue weighted by Crippen LogP contribution is -2.02. The molecule has 116 valence electrons. The highest BCUT2D eigenvalue weighted by Gasteiger charge is 2.13. The predicted octanol–water partition coefficient (Wildman–Crippen LogP) is 3.21. The fourth-order valence-electron chi connectivity index (χ4n) is 2.77. The van der Waals surface area contributed by atoms with Crippen LogP contribution in [0.15, 0.2) is 30.7 Å². The molecule has 0 amide bonds. The molecular weight excluding hydrogens is 276 g/mol. The van der Waals surface area contributed by atoms with Crippen molar-refractivity contribution in [3.8, 4) is 11.4 Å². The molecule has 0 unspecified atom stereocenters. The third-order valence-electron chi connectivity index (χ3n) is 3.93. The normalized spacial score (nSPS) is 11.7. The second kappa shape index (κ2) is 5.93. The first-order valence-corrected chi connectivity index (χ1v) is 7.58. The maximum absolute atomic E-state index is 5.22. The Morgan fingerprint density at radius 3 is 2.73 bits per heavy atom. The number of aryl methyl sites for hydroxylation is 1. The van der Waals surface area contributed by atoms with Crippen molar-refractivity contribution in [1.82, 2.24) is 19.3 Å². The minimum atomic E-state index is 0.471. The summed E-state index contributed by atoms with van der Waals surface area (Å²) in [6.07, 6.45) is 3.97. The van der Waals surface area contributed by atoms with Crippen molar-refractivity contribution in [3.05, 3.63) is 36.3 Å². The summed E-state index contributed by atoms with van der Waals surface area (Å²) in [5.74, 6) is 1.24. The standard InChI is InChI=1S/C17H22N4O/c1-12(2)15-10-21(7-8-22-4)16-6-5-13(9-14(15)16)17-18-11-20(3)19-17/h5-6,9-12H,7-8H2,1-4H3. The zero-order valence-electron chi connectivity index (χ0n) is 13.6. The van der Waals surface area contributed by atoms with Gasteiger partial charge in [-0.15, -0.1) is 0 Å². The van der Waals surface area contributed by atoms with Gasteiger partial charge in [0.05, 0.1) is 6.61 Å². The van der Waals surface area contributed by atoms with Crippen LogP contribution in [0.2, 0.25) is 0 Å². The number of rotatable bonds is 5. The van der Waals surface area contributed by atoms with E-state index in [1.54, 1.807) is 18.1 Å². The molecule has 0 radical (unpaired) electrons. The molecule has 0 saturated heterocycles. The molecule has 2 aromatic heterocycles. The first-order chi connectivity index (χ1) is 10.6. The average molecular weight is 298 g/mol. The molecule has 3 aromatic rings. The van der Waals surface area contributed by atoms with Gasteiger partial charge < -0.3 is 9.30 Å². The van der Waals surface area contributed by atoms with Gasteiger partial charge in [-0.05, 0) is 29.7 Å². The molecule has 0 fully saturated rings. The summed E-state index contributed by atoms with van der Waals surface area (Å²) < 4.78 is 9.21. The Labute approximate surface area is 130 Å². The summed E-state index contributed by atoms with van der Waals surface area (Å²) in [7, 11) is 3.62. The first-order valence-electron chi connectivity index (χ1n) is 7.58. The van der Waals surface area contributed by atoms with E-state index >= 15 is 0 Å². The monoisotopic (exact) mass is 298 g/mol. The summed E-state index contributed by atoms with van der Waals surface area (Å²) in [6, 6.07) is 6.44. The topological polar surface area (TPSA) is 44.9 Å². The van der Waals surface area contributed by atoms with E-state index in [1.807, 2.05) is 7.05 Å². The Kier molecular flexibility index (Phi) is 3.98. The molecule has 5 nitrogen and oxygen atoms in total. The molecule has 1 aromatic carbocycles. The fourth-order valence-corrected chi connectivity index (χ4v) is 2.77. The maximum atomic E-state index is 5.22. The van der Waals surface area contributed by atoms with Gasteiger partial charge in [-0.25, -0.2) is 4.98 Å². The summed E-state index contributed by atoms with van der Waals surface area (Å²) >= 11 is 0. The van der Waals surface area contributed by atoms with E-state index in [1.165, 1.54) is 16.5 Å². The molecule has 0 N–H and O–H groups in total. The van der Waals surface area contributed by atoms with Crippen molar-refractivity contribution in [2.24, 2.45) is 7.05 Å². The van der Waals surface area contributed by atoms with Crippen LogP contribution >= 0.6 is 0 Å². The number of ether oxygens (including phenoxy) is 1. The van der Waals surface area contributed by atoms with E-state index in [2.05, 4.69) is 52.9 Å². The first kappa shape index (κ1) is 14.8. The van der Waals surface area contributed by atoms with Gasteiger partial charge in [-0.1, -0.05) is 13.8 Å². The lowest BCUT2D eigenvalue weighted by Gasteiger charge is -2.04. The van der Waals surface area contributed by atoms with Crippen LogP contribution in [-0.2, 0) is 18.3 Å². The molecule has 3 rings (SSSR count). The van der Waals surface area contributed by atoms with E-state index in [4.69, 9.17) is 4.74 Å². The fraction of sp³-hybridized carbons (Fsp3) is 0.412. The number of fused-ring (bicyclic) bond motifs is 1. The quantitative estimate of drug-likeness (QED) is 0.726. The zero-order chi connectivity index (χ0) is 15.7. The highest BCUT2D eigenvalue weighted by atomic mass is 16.5. The second-order valence-electron chi connectivity index (χ2n) is 5.90. The molecule has 0 spiro atoms. The van der Waals surface area contributed by atoms with Crippen LogP contribution in [-0.4, -0.2) is 33.0 Å². The van der Waals surface area contributed by atoms with Crippen LogP contribution < -0.4 is 0 Å².